The van der Waals surface area contributed by atoms with Gasteiger partial charge in [-0.15, -0.1) is 0 Å². The van der Waals surface area contributed by atoms with Gasteiger partial charge in [0.1, 0.15) is 23.0 Å². The van der Waals surface area contributed by atoms with Crippen LogP contribution in [0.3, 0.4) is 0 Å². The summed E-state index contributed by atoms with van der Waals surface area (Å²) in [6.45, 7) is 16.9. The van der Waals surface area contributed by atoms with Gasteiger partial charge in [-0.25, -0.2) is 0 Å². The van der Waals surface area contributed by atoms with E-state index < -0.39 is 0 Å². The van der Waals surface area contributed by atoms with Gasteiger partial charge in [-0.05, 0) is 135 Å². The third-order valence-electron chi connectivity index (χ3n) is 8.58. The smallest absolute Gasteiger partial charge is 0.127 e. The van der Waals surface area contributed by atoms with E-state index in [-0.39, 0.29) is 24.0 Å². The van der Waals surface area contributed by atoms with Crippen LogP contribution in [0, 0.1) is 0 Å². The topological polar surface area (TPSA) is 58.9 Å². The van der Waals surface area contributed by atoms with Crippen LogP contribution in [0.4, 0.5) is 0 Å². The fourth-order valence-electron chi connectivity index (χ4n) is 6.62. The Morgan fingerprint density at radius 1 is 0.659 bits per heavy atom. The Kier molecular flexibility index (Phi) is 14.2. The molecule has 2 aliphatic rings. The number of benzene rings is 2. The van der Waals surface area contributed by atoms with Crippen LogP contribution in [0.5, 0.6) is 23.0 Å². The normalized spacial score (nSPS) is 18.4. The van der Waals surface area contributed by atoms with E-state index in [9.17, 15) is 10.2 Å². The molecule has 2 atom stereocenters. The average molecular weight is 605 g/mol. The second kappa shape index (κ2) is 17.6. The number of phenolic OH excluding ortho intramolecular Hbond substituents is 2. The quantitative estimate of drug-likeness (QED) is 0.187. The molecule has 0 heterocycles. The van der Waals surface area contributed by atoms with Gasteiger partial charge in [0.15, 0.2) is 0 Å². The molecular formula is C40H60O4. The molecule has 4 nitrogen and oxygen atoms in total. The van der Waals surface area contributed by atoms with Crippen LogP contribution >= 0.6 is 0 Å². The minimum Gasteiger partial charge on any atom is -0.507 e. The summed E-state index contributed by atoms with van der Waals surface area (Å²) in [5.41, 5.74) is 7.14. The summed E-state index contributed by atoms with van der Waals surface area (Å²) in [6.07, 6.45) is 18.4. The van der Waals surface area contributed by atoms with Gasteiger partial charge < -0.3 is 19.7 Å². The summed E-state index contributed by atoms with van der Waals surface area (Å²) in [5, 5.41) is 21.2. The molecule has 0 amide bonds. The van der Waals surface area contributed by atoms with E-state index in [2.05, 4.69) is 52.0 Å². The van der Waals surface area contributed by atoms with Crippen LogP contribution in [-0.4, -0.2) is 22.4 Å². The highest BCUT2D eigenvalue weighted by atomic mass is 16.5. The molecule has 2 N–H and O–H groups in total. The number of allylic oxidation sites excluding steroid dienone is 4. The Bertz CT molecular complexity index is 1250. The lowest BCUT2D eigenvalue weighted by atomic mass is 9.84. The van der Waals surface area contributed by atoms with Crippen molar-refractivity contribution in [2.24, 2.45) is 0 Å². The molecule has 2 aromatic carbocycles. The maximum Gasteiger partial charge on any atom is 0.127 e. The summed E-state index contributed by atoms with van der Waals surface area (Å²) in [5.74, 6) is 3.11. The van der Waals surface area contributed by atoms with E-state index in [0.717, 1.165) is 60.3 Å². The molecule has 0 fully saturated rings. The summed E-state index contributed by atoms with van der Waals surface area (Å²) < 4.78 is 12.1. The number of unbranched alkanes of at least 4 members (excludes halogenated alkanes) is 2. The van der Waals surface area contributed by atoms with Gasteiger partial charge in [0, 0.05) is 23.0 Å². The van der Waals surface area contributed by atoms with Gasteiger partial charge in [0.25, 0.3) is 0 Å². The first-order valence-electron chi connectivity index (χ1n) is 17.4. The van der Waals surface area contributed by atoms with Gasteiger partial charge in [0.05, 0.1) is 12.2 Å². The van der Waals surface area contributed by atoms with Gasteiger partial charge in [0.2, 0.25) is 0 Å². The van der Waals surface area contributed by atoms with E-state index in [1.807, 2.05) is 39.8 Å². The highest BCUT2D eigenvalue weighted by Crippen LogP contribution is 2.44. The summed E-state index contributed by atoms with van der Waals surface area (Å²) in [7, 11) is 0. The highest BCUT2D eigenvalue weighted by molar-refractivity contribution is 5.52. The second-order valence-electron chi connectivity index (χ2n) is 13.6. The maximum atomic E-state index is 10.7. The SMILES string of the molecule is CCCCCc1cc(O)c(C2C=C(C)CCC2)c(OC(C)C)c1.CCCc1cc(O)c(C2C=C(C)CCC2)c(OC(C)C)c1. The summed E-state index contributed by atoms with van der Waals surface area (Å²) in [6, 6.07) is 8.15. The summed E-state index contributed by atoms with van der Waals surface area (Å²) >= 11 is 0. The first-order chi connectivity index (χ1) is 21.0. The predicted octanol–water partition coefficient (Wildman–Crippen LogP) is 11.5. The maximum absolute atomic E-state index is 10.7. The van der Waals surface area contributed by atoms with E-state index in [0.29, 0.717) is 11.5 Å². The van der Waals surface area contributed by atoms with Gasteiger partial charge in [-0.1, -0.05) is 56.4 Å². The zero-order valence-electron chi connectivity index (χ0n) is 29.0. The van der Waals surface area contributed by atoms with E-state index in [4.69, 9.17) is 9.47 Å². The molecule has 0 bridgehead atoms. The zero-order valence-corrected chi connectivity index (χ0v) is 29.0. The lowest BCUT2D eigenvalue weighted by molar-refractivity contribution is 0.237. The van der Waals surface area contributed by atoms with E-state index in [1.54, 1.807) is 0 Å². The van der Waals surface area contributed by atoms with Crippen molar-refractivity contribution >= 4 is 0 Å². The number of phenols is 2. The molecule has 0 spiro atoms. The molecule has 0 saturated heterocycles. The third kappa shape index (κ3) is 10.6. The number of aromatic hydroxyl groups is 2. The van der Waals surface area contributed by atoms with Crippen LogP contribution in [0.1, 0.15) is 154 Å². The predicted molar refractivity (Wildman–Crippen MR) is 186 cm³/mol. The van der Waals surface area contributed by atoms with Gasteiger partial charge in [-0.3, -0.25) is 0 Å². The van der Waals surface area contributed by atoms with Crippen LogP contribution in [0.25, 0.3) is 0 Å². The Morgan fingerprint density at radius 3 is 1.50 bits per heavy atom. The van der Waals surface area contributed by atoms with Crippen molar-refractivity contribution in [3.63, 3.8) is 0 Å². The molecule has 0 radical (unpaired) electrons. The van der Waals surface area contributed by atoms with Crippen molar-refractivity contribution in [1.29, 1.82) is 0 Å². The number of hydrogen-bond donors (Lipinski definition) is 2. The molecule has 2 unspecified atom stereocenters. The fourth-order valence-corrected chi connectivity index (χ4v) is 6.62. The Morgan fingerprint density at radius 2 is 1.11 bits per heavy atom. The van der Waals surface area contributed by atoms with Gasteiger partial charge >= 0.3 is 0 Å². The first-order valence-corrected chi connectivity index (χ1v) is 17.4. The Labute approximate surface area is 268 Å². The Hall–Kier alpha value is -2.88. The van der Waals surface area contributed by atoms with Crippen LogP contribution in [0.15, 0.2) is 47.6 Å². The molecule has 4 heteroatoms. The molecule has 244 valence electrons. The minimum absolute atomic E-state index is 0.118. The summed E-state index contributed by atoms with van der Waals surface area (Å²) in [4.78, 5) is 0. The Balaban J connectivity index is 0.000000241. The molecule has 0 aliphatic heterocycles. The van der Waals surface area contributed by atoms with Crippen molar-refractivity contribution in [1.82, 2.24) is 0 Å². The largest absolute Gasteiger partial charge is 0.507 e. The molecule has 44 heavy (non-hydrogen) atoms. The van der Waals surface area contributed by atoms with E-state index >= 15 is 0 Å². The molecule has 4 rings (SSSR count). The highest BCUT2D eigenvalue weighted by Gasteiger charge is 2.24. The zero-order chi connectivity index (χ0) is 32.2. The van der Waals surface area contributed by atoms with Crippen LogP contribution < -0.4 is 9.47 Å². The number of hydrogen-bond acceptors (Lipinski definition) is 4. The molecule has 0 aromatic heterocycles. The number of rotatable bonds is 12. The average Bonchev–Trinajstić information content (AvgIpc) is 2.93. The minimum atomic E-state index is 0.118. The molecule has 0 saturated carbocycles. The van der Waals surface area contributed by atoms with Crippen LogP contribution in [-0.2, 0) is 12.8 Å². The van der Waals surface area contributed by atoms with E-state index in [1.165, 1.54) is 61.7 Å². The third-order valence-corrected chi connectivity index (χ3v) is 8.58. The lowest BCUT2D eigenvalue weighted by Crippen LogP contribution is -2.11. The lowest BCUT2D eigenvalue weighted by Gasteiger charge is -2.25. The molecule has 2 aromatic rings. The number of aryl methyl sites for hydroxylation is 2. The van der Waals surface area contributed by atoms with Crippen molar-refractivity contribution in [3.8, 4) is 23.0 Å². The van der Waals surface area contributed by atoms with Gasteiger partial charge in [-0.2, -0.15) is 0 Å². The molecule has 2 aliphatic carbocycles. The van der Waals surface area contributed by atoms with Crippen molar-refractivity contribution in [2.75, 3.05) is 0 Å². The standard InChI is InChI=1S/C21H32O2.C19H28O2/c1-5-6-7-10-17-13-19(22)21(20(14-17)23-15(2)3)18-11-8-9-16(4)12-18;1-5-7-15-11-17(20)19(18(12-15)21-13(2)3)16-9-6-8-14(4)10-16/h12-15,18,22H,5-11H2,1-4H3;10-13,16,20H,5-9H2,1-4H3. The van der Waals surface area contributed by atoms with Crippen molar-refractivity contribution in [3.05, 3.63) is 69.8 Å². The fraction of sp³-hybridized carbons (Fsp3) is 0.600. The molecular weight excluding hydrogens is 544 g/mol. The monoisotopic (exact) mass is 604 g/mol. The van der Waals surface area contributed by atoms with Crippen LogP contribution in [0.2, 0.25) is 0 Å². The number of ether oxygens (including phenoxy) is 2. The second-order valence-corrected chi connectivity index (χ2v) is 13.6. The first kappa shape index (κ1) is 35.6. The van der Waals surface area contributed by atoms with Crippen molar-refractivity contribution < 1.29 is 19.7 Å². The van der Waals surface area contributed by atoms with Crippen molar-refractivity contribution in [2.45, 2.75) is 156 Å².